The first kappa shape index (κ1) is 21.7. The first-order chi connectivity index (χ1) is 13.7. The molecule has 0 atom stereocenters. The highest BCUT2D eigenvalue weighted by atomic mass is 16.6. The Hall–Kier alpha value is -3.62. The van der Waals surface area contributed by atoms with Crippen LogP contribution in [0.1, 0.15) is 48.4 Å². The Balaban J connectivity index is 1.97. The third-order valence-corrected chi connectivity index (χ3v) is 3.39. The van der Waals surface area contributed by atoms with Crippen molar-refractivity contribution in [1.82, 2.24) is 10.4 Å². The lowest BCUT2D eigenvalue weighted by atomic mass is 10.2. The second-order valence-electron chi connectivity index (χ2n) is 6.90. The van der Waals surface area contributed by atoms with E-state index in [0.29, 0.717) is 11.3 Å². The van der Waals surface area contributed by atoms with Gasteiger partial charge in [0.05, 0.1) is 6.61 Å². The van der Waals surface area contributed by atoms with Crippen molar-refractivity contribution < 1.29 is 23.9 Å². The van der Waals surface area contributed by atoms with Crippen molar-refractivity contribution in [2.75, 3.05) is 17.3 Å². The van der Waals surface area contributed by atoms with Crippen molar-refractivity contribution in [3.63, 3.8) is 0 Å². The predicted molar refractivity (Wildman–Crippen MR) is 108 cm³/mol. The zero-order chi connectivity index (χ0) is 21.4. The van der Waals surface area contributed by atoms with Crippen molar-refractivity contribution in [2.24, 2.45) is 0 Å². The molecule has 3 N–H and O–H groups in total. The predicted octanol–water partition coefficient (Wildman–Crippen LogP) is 3.36. The van der Waals surface area contributed by atoms with E-state index >= 15 is 0 Å². The van der Waals surface area contributed by atoms with Crippen LogP contribution in [0.4, 0.5) is 16.3 Å². The zero-order valence-electron chi connectivity index (χ0n) is 16.7. The number of nitrogens with one attached hydrogen (secondary N) is 3. The van der Waals surface area contributed by atoms with Gasteiger partial charge in [-0.25, -0.2) is 14.6 Å². The van der Waals surface area contributed by atoms with E-state index < -0.39 is 23.6 Å². The van der Waals surface area contributed by atoms with Gasteiger partial charge in [0.1, 0.15) is 11.2 Å². The molecule has 0 saturated heterocycles. The van der Waals surface area contributed by atoms with Gasteiger partial charge in [-0.3, -0.25) is 21.0 Å². The summed E-state index contributed by atoms with van der Waals surface area (Å²) in [7, 11) is 0. The Labute approximate surface area is 168 Å². The number of rotatable bonds is 6. The van der Waals surface area contributed by atoms with E-state index in [1.165, 1.54) is 24.4 Å². The first-order valence-corrected chi connectivity index (χ1v) is 8.98. The summed E-state index contributed by atoms with van der Waals surface area (Å²) in [5.74, 6) is -0.827. The second kappa shape index (κ2) is 9.54. The number of carbonyl (C=O) groups excluding carboxylic acids is 3. The van der Waals surface area contributed by atoms with E-state index in [1.807, 2.05) is 0 Å². The van der Waals surface area contributed by atoms with E-state index in [2.05, 4.69) is 21.2 Å². The minimum atomic E-state index is -0.608. The standard InChI is InChI=1S/C20H24N4O5/c1-5-28-18(26)15-7-6-12-21-16(15)23-24-17(25)13-8-10-14(11-9-13)22-19(27)29-20(2,3)4/h6-12H,5H2,1-4H3,(H,21,23)(H,22,27)(H,24,25). The van der Waals surface area contributed by atoms with Gasteiger partial charge in [0.15, 0.2) is 5.82 Å². The monoisotopic (exact) mass is 400 g/mol. The molecular weight excluding hydrogens is 376 g/mol. The van der Waals surface area contributed by atoms with Gasteiger partial charge in [0.25, 0.3) is 5.91 Å². The number of nitrogens with zero attached hydrogens (tertiary/aromatic N) is 1. The molecular formula is C20H24N4O5. The molecule has 2 amide bonds. The molecule has 29 heavy (non-hydrogen) atoms. The van der Waals surface area contributed by atoms with Gasteiger partial charge < -0.3 is 9.47 Å². The van der Waals surface area contributed by atoms with Gasteiger partial charge >= 0.3 is 12.1 Å². The van der Waals surface area contributed by atoms with Crippen LogP contribution < -0.4 is 16.2 Å². The maximum absolute atomic E-state index is 12.3. The molecule has 2 aromatic rings. The number of hydrazine groups is 1. The highest BCUT2D eigenvalue weighted by Crippen LogP contribution is 2.14. The topological polar surface area (TPSA) is 119 Å². The lowest BCUT2D eigenvalue weighted by Crippen LogP contribution is -2.31. The van der Waals surface area contributed by atoms with Gasteiger partial charge in [0.2, 0.25) is 0 Å². The van der Waals surface area contributed by atoms with Gasteiger partial charge in [-0.2, -0.15) is 0 Å². The molecule has 0 aliphatic rings. The maximum atomic E-state index is 12.3. The van der Waals surface area contributed by atoms with Crippen LogP contribution in [-0.2, 0) is 9.47 Å². The number of pyridine rings is 1. The normalized spacial score (nSPS) is 10.6. The van der Waals surface area contributed by atoms with Crippen molar-refractivity contribution >= 4 is 29.5 Å². The molecule has 0 aliphatic carbocycles. The first-order valence-electron chi connectivity index (χ1n) is 8.98. The number of aromatic nitrogens is 1. The van der Waals surface area contributed by atoms with Crippen LogP contribution in [0.5, 0.6) is 0 Å². The van der Waals surface area contributed by atoms with Crippen molar-refractivity contribution in [3.8, 4) is 0 Å². The highest BCUT2D eigenvalue weighted by Gasteiger charge is 2.17. The van der Waals surface area contributed by atoms with Crippen LogP contribution in [-0.4, -0.2) is 35.2 Å². The van der Waals surface area contributed by atoms with E-state index in [0.717, 1.165) is 0 Å². The Morgan fingerprint density at radius 3 is 2.38 bits per heavy atom. The van der Waals surface area contributed by atoms with Gasteiger partial charge in [-0.05, 0) is 64.1 Å². The summed E-state index contributed by atoms with van der Waals surface area (Å²) in [6, 6.07) is 9.35. The Morgan fingerprint density at radius 2 is 1.76 bits per heavy atom. The number of hydrogen-bond acceptors (Lipinski definition) is 7. The van der Waals surface area contributed by atoms with Crippen LogP contribution in [0.3, 0.4) is 0 Å². The summed E-state index contributed by atoms with van der Waals surface area (Å²) in [6.07, 6.45) is 0.895. The summed E-state index contributed by atoms with van der Waals surface area (Å²) in [5, 5.41) is 2.58. The van der Waals surface area contributed by atoms with Crippen LogP contribution in [0.2, 0.25) is 0 Å². The minimum Gasteiger partial charge on any atom is -0.462 e. The molecule has 9 nitrogen and oxygen atoms in total. The molecule has 0 spiro atoms. The zero-order valence-corrected chi connectivity index (χ0v) is 16.7. The summed E-state index contributed by atoms with van der Waals surface area (Å²) < 4.78 is 10.1. The molecule has 0 aliphatic heterocycles. The summed E-state index contributed by atoms with van der Waals surface area (Å²) >= 11 is 0. The fourth-order valence-corrected chi connectivity index (χ4v) is 2.19. The third kappa shape index (κ3) is 6.80. The number of ether oxygens (including phenoxy) is 2. The third-order valence-electron chi connectivity index (χ3n) is 3.39. The molecule has 9 heteroatoms. The number of anilines is 2. The lowest BCUT2D eigenvalue weighted by Gasteiger charge is -2.19. The minimum absolute atomic E-state index is 0.169. The average molecular weight is 400 g/mol. The summed E-state index contributed by atoms with van der Waals surface area (Å²) in [6.45, 7) is 7.22. The van der Waals surface area contributed by atoms with Crippen molar-refractivity contribution in [1.29, 1.82) is 0 Å². The van der Waals surface area contributed by atoms with Crippen LogP contribution in [0.25, 0.3) is 0 Å². The molecule has 1 aromatic carbocycles. The number of amides is 2. The number of hydrogen-bond donors (Lipinski definition) is 3. The Kier molecular flexibility index (Phi) is 7.13. The highest BCUT2D eigenvalue weighted by molar-refractivity contribution is 5.97. The molecule has 2 rings (SSSR count). The fourth-order valence-electron chi connectivity index (χ4n) is 2.19. The molecule has 0 bridgehead atoms. The number of esters is 1. The number of benzene rings is 1. The summed E-state index contributed by atoms with van der Waals surface area (Å²) in [5.41, 5.74) is 5.51. The Bertz CT molecular complexity index is 875. The van der Waals surface area contributed by atoms with E-state index in [9.17, 15) is 14.4 Å². The molecule has 0 fully saturated rings. The average Bonchev–Trinajstić information content (AvgIpc) is 2.65. The molecule has 0 saturated carbocycles. The quantitative estimate of drug-likeness (QED) is 0.502. The Morgan fingerprint density at radius 1 is 1.07 bits per heavy atom. The van der Waals surface area contributed by atoms with Crippen LogP contribution in [0.15, 0.2) is 42.6 Å². The number of carbonyl (C=O) groups is 3. The van der Waals surface area contributed by atoms with E-state index in [4.69, 9.17) is 9.47 Å². The molecule has 0 radical (unpaired) electrons. The lowest BCUT2D eigenvalue weighted by molar-refractivity contribution is 0.0525. The maximum Gasteiger partial charge on any atom is 0.412 e. The molecule has 154 valence electrons. The van der Waals surface area contributed by atoms with Gasteiger partial charge in [-0.15, -0.1) is 0 Å². The SMILES string of the molecule is CCOC(=O)c1cccnc1NNC(=O)c1ccc(NC(=O)OC(C)(C)C)cc1. The van der Waals surface area contributed by atoms with Crippen LogP contribution >= 0.6 is 0 Å². The van der Waals surface area contributed by atoms with Crippen LogP contribution in [0, 0.1) is 0 Å². The molecule has 1 aromatic heterocycles. The molecule has 0 unspecified atom stereocenters. The molecule has 1 heterocycles. The van der Waals surface area contributed by atoms with Gasteiger partial charge in [-0.1, -0.05) is 0 Å². The van der Waals surface area contributed by atoms with E-state index in [1.54, 1.807) is 45.9 Å². The second-order valence-corrected chi connectivity index (χ2v) is 6.90. The van der Waals surface area contributed by atoms with E-state index in [-0.39, 0.29) is 18.0 Å². The van der Waals surface area contributed by atoms with Crippen molar-refractivity contribution in [3.05, 3.63) is 53.7 Å². The smallest absolute Gasteiger partial charge is 0.412 e. The summed E-state index contributed by atoms with van der Waals surface area (Å²) in [4.78, 5) is 40.1. The van der Waals surface area contributed by atoms with Crippen molar-refractivity contribution in [2.45, 2.75) is 33.3 Å². The fraction of sp³-hybridized carbons (Fsp3) is 0.300. The largest absolute Gasteiger partial charge is 0.462 e. The van der Waals surface area contributed by atoms with Gasteiger partial charge in [0, 0.05) is 17.4 Å².